The van der Waals surface area contributed by atoms with E-state index >= 15 is 0 Å². The molecule has 0 aliphatic heterocycles. The molecule has 0 radical (unpaired) electrons. The van der Waals surface area contributed by atoms with Gasteiger partial charge in [-0.05, 0) is 6.54 Å². The maximum absolute atomic E-state index is 9.70. The van der Waals surface area contributed by atoms with Crippen LogP contribution in [0.15, 0.2) is 0 Å². The molecule has 0 spiro atoms. The van der Waals surface area contributed by atoms with Gasteiger partial charge in [0.05, 0.1) is 6.54 Å². The fourth-order valence-corrected chi connectivity index (χ4v) is 0.232. The van der Waals surface area contributed by atoms with Gasteiger partial charge >= 0.3 is 57.4 Å². The fraction of sp³-hybridized carbons (Fsp3) is 0.750. The summed E-state index contributed by atoms with van der Waals surface area (Å²) in [5.74, 6) is -0.804. The number of carboxylic acid groups (broad SMARTS) is 1. The van der Waals surface area contributed by atoms with Crippen LogP contribution in [-0.4, -0.2) is 75.5 Å². The predicted octanol–water partition coefficient (Wildman–Crippen LogP) is -0.968. The van der Waals surface area contributed by atoms with Gasteiger partial charge in [-0.25, -0.2) is 0 Å². The molecule has 0 atom stereocenters. The number of rotatable bonds is 3. The number of nitrogens with one attached hydrogen (secondary N) is 1. The van der Waals surface area contributed by atoms with Crippen molar-refractivity contribution < 1.29 is 9.90 Å². The molecule has 0 fully saturated rings. The van der Waals surface area contributed by atoms with E-state index in [0.29, 0.717) is 6.54 Å². The van der Waals surface area contributed by atoms with Gasteiger partial charge in [-0.3, -0.25) is 4.79 Å². The van der Waals surface area contributed by atoms with Crippen LogP contribution in [0.5, 0.6) is 0 Å². The van der Waals surface area contributed by atoms with Crippen LogP contribution in [0.4, 0.5) is 0 Å². The minimum atomic E-state index is -0.804. The van der Waals surface area contributed by atoms with E-state index in [1.807, 2.05) is 6.92 Å². The molecule has 8 heavy (non-hydrogen) atoms. The van der Waals surface area contributed by atoms with Gasteiger partial charge in [0.15, 0.2) is 0 Å². The summed E-state index contributed by atoms with van der Waals surface area (Å²) in [6.45, 7) is 2.64. The van der Waals surface area contributed by atoms with Crippen LogP contribution in [-0.2, 0) is 4.79 Å². The average Bonchev–Trinajstić information content (AvgIpc) is 1.61. The van der Waals surface area contributed by atoms with E-state index < -0.39 is 5.97 Å². The SMILES string of the molecule is CCNCC(=O)O.[KH]. The van der Waals surface area contributed by atoms with Crippen LogP contribution in [0.2, 0.25) is 0 Å². The maximum atomic E-state index is 9.70. The zero-order valence-corrected chi connectivity index (χ0v) is 4.27. The molecule has 0 aromatic carbocycles. The first-order valence-electron chi connectivity index (χ1n) is 2.20. The van der Waals surface area contributed by atoms with Crippen LogP contribution >= 0.6 is 0 Å². The van der Waals surface area contributed by atoms with E-state index in [2.05, 4.69) is 5.32 Å². The van der Waals surface area contributed by atoms with Gasteiger partial charge in [-0.1, -0.05) is 6.92 Å². The van der Waals surface area contributed by atoms with E-state index in [1.165, 1.54) is 0 Å². The molecule has 0 aromatic heterocycles. The van der Waals surface area contributed by atoms with E-state index in [-0.39, 0.29) is 57.9 Å². The Bertz CT molecular complexity index is 67.1. The van der Waals surface area contributed by atoms with E-state index in [4.69, 9.17) is 5.11 Å². The van der Waals surface area contributed by atoms with Gasteiger partial charge in [0.1, 0.15) is 0 Å². The molecule has 0 saturated carbocycles. The Labute approximate surface area is 91.3 Å². The molecule has 2 N–H and O–H groups in total. The van der Waals surface area contributed by atoms with Crippen LogP contribution < -0.4 is 5.32 Å². The monoisotopic (exact) mass is 143 g/mol. The molecule has 44 valence electrons. The Balaban J connectivity index is 0. The van der Waals surface area contributed by atoms with E-state index in [0.717, 1.165) is 0 Å². The first-order valence-corrected chi connectivity index (χ1v) is 2.20. The van der Waals surface area contributed by atoms with Crippen LogP contribution in [0, 0.1) is 0 Å². The third-order valence-electron chi connectivity index (χ3n) is 0.526. The number of aliphatic carboxylic acids is 1. The Hall–Kier alpha value is 1.07. The first kappa shape index (κ1) is 11.8. The first-order chi connectivity index (χ1) is 3.27. The van der Waals surface area contributed by atoms with Gasteiger partial charge < -0.3 is 10.4 Å². The average molecular weight is 143 g/mol. The zero-order valence-electron chi connectivity index (χ0n) is 4.27. The molecular formula is C4H10KNO2. The van der Waals surface area contributed by atoms with Gasteiger partial charge in [0.25, 0.3) is 0 Å². The van der Waals surface area contributed by atoms with Crippen molar-refractivity contribution in [1.29, 1.82) is 0 Å². The van der Waals surface area contributed by atoms with Gasteiger partial charge in [-0.15, -0.1) is 0 Å². The molecular weight excluding hydrogens is 133 g/mol. The van der Waals surface area contributed by atoms with E-state index in [1.54, 1.807) is 0 Å². The number of carbonyl (C=O) groups is 1. The number of likely N-dealkylation sites (N-methyl/N-ethyl adjacent to an activating group) is 1. The van der Waals surface area contributed by atoms with Gasteiger partial charge in [0.2, 0.25) is 0 Å². The van der Waals surface area contributed by atoms with Crippen molar-refractivity contribution in [1.82, 2.24) is 5.32 Å². The Morgan fingerprint density at radius 2 is 2.25 bits per heavy atom. The van der Waals surface area contributed by atoms with Gasteiger partial charge in [-0.2, -0.15) is 0 Å². The summed E-state index contributed by atoms with van der Waals surface area (Å²) in [5, 5.41) is 10.6. The minimum absolute atomic E-state index is 0. The van der Waals surface area contributed by atoms with Gasteiger partial charge in [0, 0.05) is 0 Å². The Kier molecular flexibility index (Phi) is 11.9. The topological polar surface area (TPSA) is 49.3 Å². The quantitative estimate of drug-likeness (QED) is 0.500. The van der Waals surface area contributed by atoms with Crippen molar-refractivity contribution >= 4 is 57.4 Å². The number of carboxylic acids is 1. The third kappa shape index (κ3) is 10.1. The van der Waals surface area contributed by atoms with Crippen molar-refractivity contribution in [3.05, 3.63) is 0 Å². The molecule has 0 aromatic rings. The van der Waals surface area contributed by atoms with Crippen molar-refractivity contribution in [2.45, 2.75) is 6.92 Å². The summed E-state index contributed by atoms with van der Waals surface area (Å²) in [5.41, 5.74) is 0. The zero-order chi connectivity index (χ0) is 5.70. The molecule has 0 bridgehead atoms. The van der Waals surface area contributed by atoms with Crippen LogP contribution in [0.1, 0.15) is 6.92 Å². The summed E-state index contributed by atoms with van der Waals surface area (Å²) in [7, 11) is 0. The summed E-state index contributed by atoms with van der Waals surface area (Å²) < 4.78 is 0. The number of hydrogen-bond donors (Lipinski definition) is 2. The summed E-state index contributed by atoms with van der Waals surface area (Å²) in [4.78, 5) is 9.70. The summed E-state index contributed by atoms with van der Waals surface area (Å²) >= 11 is 0. The molecule has 0 unspecified atom stereocenters. The molecule has 0 aliphatic carbocycles. The molecule has 0 saturated heterocycles. The summed E-state index contributed by atoms with van der Waals surface area (Å²) in [6, 6.07) is 0. The molecule has 0 rings (SSSR count). The van der Waals surface area contributed by atoms with Crippen molar-refractivity contribution in [3.63, 3.8) is 0 Å². The van der Waals surface area contributed by atoms with Crippen LogP contribution in [0.25, 0.3) is 0 Å². The Morgan fingerprint density at radius 1 is 1.75 bits per heavy atom. The molecule has 4 heteroatoms. The Morgan fingerprint density at radius 3 is 2.38 bits per heavy atom. The fourth-order valence-electron chi connectivity index (χ4n) is 0.232. The van der Waals surface area contributed by atoms with Crippen LogP contribution in [0.3, 0.4) is 0 Å². The second kappa shape index (κ2) is 8.07. The molecule has 3 nitrogen and oxygen atoms in total. The number of hydrogen-bond acceptors (Lipinski definition) is 2. The molecule has 0 aliphatic rings. The predicted molar refractivity (Wildman–Crippen MR) is 33.3 cm³/mol. The second-order valence-corrected chi connectivity index (χ2v) is 1.17. The second-order valence-electron chi connectivity index (χ2n) is 1.17. The molecule has 0 amide bonds. The molecule has 0 heterocycles. The van der Waals surface area contributed by atoms with E-state index in [9.17, 15) is 4.79 Å². The summed E-state index contributed by atoms with van der Waals surface area (Å²) in [6.07, 6.45) is 0. The van der Waals surface area contributed by atoms with Crippen molar-refractivity contribution in [2.24, 2.45) is 0 Å². The third-order valence-corrected chi connectivity index (χ3v) is 0.526. The van der Waals surface area contributed by atoms with Crippen molar-refractivity contribution in [3.8, 4) is 0 Å². The van der Waals surface area contributed by atoms with Crippen molar-refractivity contribution in [2.75, 3.05) is 13.1 Å². The standard InChI is InChI=1S/C4H9NO2.K.H/c1-2-5-3-4(6)7;;/h5H,2-3H2,1H3,(H,6,7);;. The normalized spacial score (nSPS) is 7.62.